The van der Waals surface area contributed by atoms with Crippen LogP contribution in [0.15, 0.2) is 52.4 Å². The summed E-state index contributed by atoms with van der Waals surface area (Å²) in [5, 5.41) is 18.9. The van der Waals surface area contributed by atoms with Crippen LogP contribution in [-0.4, -0.2) is 37.9 Å². The number of carbonyl (C=O) groups is 1. The van der Waals surface area contributed by atoms with Gasteiger partial charge in [0.25, 0.3) is 5.91 Å². The molecule has 0 spiro atoms. The van der Waals surface area contributed by atoms with Gasteiger partial charge in [0.05, 0.1) is 7.11 Å². The highest BCUT2D eigenvalue weighted by molar-refractivity contribution is 7.92. The molecular formula is C22H20N4O5S2. The van der Waals surface area contributed by atoms with E-state index in [0.29, 0.717) is 35.0 Å². The lowest BCUT2D eigenvalue weighted by molar-refractivity contribution is -0.112. The maximum absolute atomic E-state index is 12.5. The molecular weight excluding hydrogens is 464 g/mol. The summed E-state index contributed by atoms with van der Waals surface area (Å²) in [5.74, 6) is 0.215. The van der Waals surface area contributed by atoms with Crippen molar-refractivity contribution in [1.82, 2.24) is 10.2 Å². The Kier molecular flexibility index (Phi) is 7.42. The molecule has 1 amide bonds. The van der Waals surface area contributed by atoms with E-state index >= 15 is 0 Å². The number of benzene rings is 2. The third-order valence-corrected chi connectivity index (χ3v) is 6.96. The lowest BCUT2D eigenvalue weighted by Gasteiger charge is -2.12. The van der Waals surface area contributed by atoms with Crippen molar-refractivity contribution < 1.29 is 22.7 Å². The van der Waals surface area contributed by atoms with Crippen molar-refractivity contribution >= 4 is 38.3 Å². The summed E-state index contributed by atoms with van der Waals surface area (Å²) in [4.78, 5) is 12.5. The Balaban J connectivity index is 1.76. The molecule has 170 valence electrons. The second-order valence-electron chi connectivity index (χ2n) is 6.89. The number of hydrogen-bond donors (Lipinski definition) is 1. The molecule has 0 fully saturated rings. The first-order chi connectivity index (χ1) is 15.7. The van der Waals surface area contributed by atoms with Crippen LogP contribution in [0.2, 0.25) is 0 Å². The molecule has 1 N–H and O–H groups in total. The van der Waals surface area contributed by atoms with E-state index < -0.39 is 15.7 Å². The van der Waals surface area contributed by atoms with E-state index in [4.69, 9.17) is 9.47 Å². The number of aromatic nitrogens is 2. The van der Waals surface area contributed by atoms with Gasteiger partial charge in [-0.25, -0.2) is 8.42 Å². The second-order valence-corrected chi connectivity index (χ2v) is 10.1. The van der Waals surface area contributed by atoms with Crippen molar-refractivity contribution in [3.8, 4) is 17.6 Å². The zero-order valence-corrected chi connectivity index (χ0v) is 19.7. The molecule has 33 heavy (non-hydrogen) atoms. The van der Waals surface area contributed by atoms with Gasteiger partial charge < -0.3 is 9.47 Å². The average Bonchev–Trinajstić information content (AvgIpc) is 3.26. The van der Waals surface area contributed by atoms with Gasteiger partial charge >= 0.3 is 0 Å². The van der Waals surface area contributed by atoms with Gasteiger partial charge in [0.1, 0.15) is 18.2 Å². The maximum Gasteiger partial charge on any atom is 0.268 e. The van der Waals surface area contributed by atoms with E-state index in [0.717, 1.165) is 17.4 Å². The zero-order chi connectivity index (χ0) is 24.0. The van der Waals surface area contributed by atoms with Gasteiger partial charge in [-0.1, -0.05) is 41.7 Å². The van der Waals surface area contributed by atoms with E-state index in [9.17, 15) is 18.5 Å². The van der Waals surface area contributed by atoms with Crippen LogP contribution in [0.1, 0.15) is 16.7 Å². The SMILES string of the molecule is COc1cc(/C=C(/C#N)C(=O)Nc2nnc(S(C)(=O)=O)s2)ccc1OCc1ccccc1C. The summed E-state index contributed by atoms with van der Waals surface area (Å²) in [6.07, 6.45) is 2.36. The smallest absolute Gasteiger partial charge is 0.268 e. The van der Waals surface area contributed by atoms with Crippen LogP contribution in [0, 0.1) is 18.3 Å². The highest BCUT2D eigenvalue weighted by atomic mass is 32.2. The van der Waals surface area contributed by atoms with Crippen molar-refractivity contribution in [2.75, 3.05) is 18.7 Å². The third kappa shape index (κ3) is 6.15. The number of nitrogens with zero attached hydrogens (tertiary/aromatic N) is 3. The van der Waals surface area contributed by atoms with Crippen molar-refractivity contribution in [3.05, 3.63) is 64.7 Å². The Morgan fingerprint density at radius 2 is 1.97 bits per heavy atom. The summed E-state index contributed by atoms with van der Waals surface area (Å²) in [5.41, 5.74) is 2.49. The number of anilines is 1. The van der Waals surface area contributed by atoms with Gasteiger partial charge in [-0.2, -0.15) is 5.26 Å². The summed E-state index contributed by atoms with van der Waals surface area (Å²) in [6.45, 7) is 2.36. The van der Waals surface area contributed by atoms with Crippen LogP contribution in [0.3, 0.4) is 0 Å². The first-order valence-corrected chi connectivity index (χ1v) is 12.2. The van der Waals surface area contributed by atoms with Crippen LogP contribution < -0.4 is 14.8 Å². The Morgan fingerprint density at radius 3 is 2.61 bits per heavy atom. The van der Waals surface area contributed by atoms with E-state index in [-0.39, 0.29) is 15.0 Å². The van der Waals surface area contributed by atoms with Crippen LogP contribution >= 0.6 is 11.3 Å². The molecule has 0 bridgehead atoms. The summed E-state index contributed by atoms with van der Waals surface area (Å²) in [6, 6.07) is 14.7. The Labute approximate surface area is 195 Å². The minimum absolute atomic E-state index is 0.0286. The number of sulfone groups is 1. The van der Waals surface area contributed by atoms with Crippen molar-refractivity contribution in [1.29, 1.82) is 5.26 Å². The van der Waals surface area contributed by atoms with E-state index in [1.807, 2.05) is 37.3 Å². The average molecular weight is 485 g/mol. The number of nitrogens with one attached hydrogen (secondary N) is 1. The van der Waals surface area contributed by atoms with Crippen molar-refractivity contribution in [2.24, 2.45) is 0 Å². The normalized spacial score (nSPS) is 11.5. The summed E-state index contributed by atoms with van der Waals surface area (Å²) < 4.78 is 34.1. The molecule has 0 saturated carbocycles. The molecule has 1 heterocycles. The van der Waals surface area contributed by atoms with Gasteiger partial charge in [-0.3, -0.25) is 10.1 Å². The predicted octanol–water partition coefficient (Wildman–Crippen LogP) is 3.38. The first-order valence-electron chi connectivity index (χ1n) is 9.53. The Morgan fingerprint density at radius 1 is 1.21 bits per heavy atom. The topological polar surface area (TPSA) is 131 Å². The molecule has 1 aromatic heterocycles. The van der Waals surface area contributed by atoms with E-state index in [1.165, 1.54) is 13.2 Å². The fourth-order valence-corrected chi connectivity index (χ4v) is 4.21. The standard InChI is InChI=1S/C22H20N4O5S2/c1-14-6-4-5-7-16(14)13-31-18-9-8-15(11-19(18)30-2)10-17(12-23)20(27)24-21-25-26-22(32-21)33(3,28)29/h4-11H,13H2,1-3H3,(H,24,25,27)/b17-10-. The van der Waals surface area contributed by atoms with E-state index in [2.05, 4.69) is 15.5 Å². The minimum Gasteiger partial charge on any atom is -0.493 e. The highest BCUT2D eigenvalue weighted by Crippen LogP contribution is 2.30. The number of rotatable bonds is 8. The van der Waals surface area contributed by atoms with Gasteiger partial charge in [0, 0.05) is 6.26 Å². The van der Waals surface area contributed by atoms with Crippen molar-refractivity contribution in [3.63, 3.8) is 0 Å². The molecule has 0 aliphatic rings. The van der Waals surface area contributed by atoms with Crippen LogP contribution in [-0.2, 0) is 21.2 Å². The Bertz CT molecular complexity index is 1360. The lowest BCUT2D eigenvalue weighted by Crippen LogP contribution is -2.13. The molecule has 0 saturated heterocycles. The van der Waals surface area contributed by atoms with Gasteiger partial charge in [0.2, 0.25) is 19.3 Å². The lowest BCUT2D eigenvalue weighted by atomic mass is 10.1. The van der Waals surface area contributed by atoms with Crippen LogP contribution in [0.5, 0.6) is 11.5 Å². The molecule has 0 atom stereocenters. The maximum atomic E-state index is 12.5. The number of methoxy groups -OCH3 is 1. The quantitative estimate of drug-likeness (QED) is 0.292. The molecule has 3 rings (SSSR count). The highest BCUT2D eigenvalue weighted by Gasteiger charge is 2.17. The second kappa shape index (κ2) is 10.2. The number of aryl methyl sites for hydroxylation is 1. The number of hydrogen-bond acceptors (Lipinski definition) is 9. The van der Waals surface area contributed by atoms with Crippen molar-refractivity contribution in [2.45, 2.75) is 17.9 Å². The van der Waals surface area contributed by atoms with Gasteiger partial charge in [-0.15, -0.1) is 10.2 Å². The number of nitriles is 1. The molecule has 2 aromatic carbocycles. The molecule has 0 unspecified atom stereocenters. The fourth-order valence-electron chi connectivity index (χ4n) is 2.71. The molecule has 0 radical (unpaired) electrons. The summed E-state index contributed by atoms with van der Waals surface area (Å²) >= 11 is 0.700. The molecule has 0 aliphatic heterocycles. The largest absolute Gasteiger partial charge is 0.493 e. The number of ether oxygens (including phenoxy) is 2. The molecule has 3 aromatic rings. The molecule has 11 heteroatoms. The Hall–Kier alpha value is -3.75. The molecule has 0 aliphatic carbocycles. The van der Waals surface area contributed by atoms with Crippen LogP contribution in [0.25, 0.3) is 6.08 Å². The monoisotopic (exact) mass is 484 g/mol. The predicted molar refractivity (Wildman–Crippen MR) is 124 cm³/mol. The molecule has 9 nitrogen and oxygen atoms in total. The fraction of sp³-hybridized carbons (Fsp3) is 0.182. The number of amides is 1. The number of carbonyl (C=O) groups excluding carboxylic acids is 1. The first kappa shape index (κ1) is 23.9. The van der Waals surface area contributed by atoms with Crippen LogP contribution in [0.4, 0.5) is 5.13 Å². The van der Waals surface area contributed by atoms with Gasteiger partial charge in [0.15, 0.2) is 11.5 Å². The minimum atomic E-state index is -3.54. The zero-order valence-electron chi connectivity index (χ0n) is 18.0. The third-order valence-electron chi connectivity index (χ3n) is 4.45. The summed E-state index contributed by atoms with van der Waals surface area (Å²) in [7, 11) is -2.04. The van der Waals surface area contributed by atoms with E-state index in [1.54, 1.807) is 18.2 Å². The van der Waals surface area contributed by atoms with Gasteiger partial charge in [-0.05, 0) is 41.8 Å².